The van der Waals surface area contributed by atoms with Crippen molar-refractivity contribution in [1.29, 1.82) is 5.26 Å². The minimum absolute atomic E-state index is 0.248. The Kier molecular flexibility index (Phi) is 4.14. The molecular formula is C11H9Cl2NO. The van der Waals surface area contributed by atoms with Gasteiger partial charge in [0.2, 0.25) is 0 Å². The highest BCUT2D eigenvalue weighted by Gasteiger charge is 2.19. The molecule has 78 valence electrons. The van der Waals surface area contributed by atoms with Gasteiger partial charge < -0.3 is 0 Å². The first-order chi connectivity index (χ1) is 7.10. The third kappa shape index (κ3) is 2.71. The first kappa shape index (κ1) is 12.0. The lowest BCUT2D eigenvalue weighted by molar-refractivity contribution is 0.0947. The van der Waals surface area contributed by atoms with Crippen LogP contribution in [0.2, 0.25) is 10.0 Å². The first-order valence-electron chi connectivity index (χ1n) is 4.49. The molecule has 0 radical (unpaired) electrons. The van der Waals surface area contributed by atoms with Crippen LogP contribution in [0.4, 0.5) is 0 Å². The number of nitriles is 1. The van der Waals surface area contributed by atoms with Crippen LogP contribution < -0.4 is 0 Å². The van der Waals surface area contributed by atoms with E-state index in [2.05, 4.69) is 0 Å². The van der Waals surface area contributed by atoms with Crippen LogP contribution in [0.1, 0.15) is 23.7 Å². The summed E-state index contributed by atoms with van der Waals surface area (Å²) in [5.41, 5.74) is 0.356. The van der Waals surface area contributed by atoms with Crippen LogP contribution in [0.3, 0.4) is 0 Å². The van der Waals surface area contributed by atoms with Gasteiger partial charge >= 0.3 is 0 Å². The summed E-state index contributed by atoms with van der Waals surface area (Å²) in [5.74, 6) is -0.884. The Morgan fingerprint density at radius 2 is 2.20 bits per heavy atom. The molecule has 0 saturated carbocycles. The van der Waals surface area contributed by atoms with Crippen molar-refractivity contribution in [2.75, 3.05) is 0 Å². The van der Waals surface area contributed by atoms with Crippen molar-refractivity contribution in [2.24, 2.45) is 5.92 Å². The summed E-state index contributed by atoms with van der Waals surface area (Å²) < 4.78 is 0. The average molecular weight is 242 g/mol. The summed E-state index contributed by atoms with van der Waals surface area (Å²) in [6, 6.07) is 6.59. The number of hydrogen-bond donors (Lipinski definition) is 0. The quantitative estimate of drug-likeness (QED) is 0.757. The molecule has 1 rings (SSSR count). The highest BCUT2D eigenvalue weighted by molar-refractivity contribution is 6.36. The third-order valence-corrected chi connectivity index (χ3v) is 2.62. The average Bonchev–Trinajstić information content (AvgIpc) is 2.19. The van der Waals surface area contributed by atoms with Gasteiger partial charge in [-0.1, -0.05) is 30.1 Å². The van der Waals surface area contributed by atoms with Crippen molar-refractivity contribution in [3.05, 3.63) is 33.8 Å². The molecule has 0 aliphatic heterocycles. The Balaban J connectivity index is 3.07. The van der Waals surface area contributed by atoms with Crippen molar-refractivity contribution < 1.29 is 4.79 Å². The molecule has 1 aromatic rings. The standard InChI is InChI=1S/C11H9Cl2NO/c1-2-7(6-14)11(15)9-4-3-8(12)5-10(9)13/h3-5,7H,2H2,1H3. The van der Waals surface area contributed by atoms with E-state index in [1.807, 2.05) is 6.07 Å². The molecule has 1 aromatic carbocycles. The highest BCUT2D eigenvalue weighted by atomic mass is 35.5. The Bertz CT molecular complexity index is 423. The van der Waals surface area contributed by atoms with E-state index in [0.717, 1.165) is 0 Å². The summed E-state index contributed by atoms with van der Waals surface area (Å²) in [5, 5.41) is 9.53. The van der Waals surface area contributed by atoms with Gasteiger partial charge in [-0.25, -0.2) is 0 Å². The van der Waals surface area contributed by atoms with Crippen molar-refractivity contribution in [3.63, 3.8) is 0 Å². The van der Waals surface area contributed by atoms with Gasteiger partial charge in [-0.2, -0.15) is 5.26 Å². The molecule has 2 nitrogen and oxygen atoms in total. The zero-order chi connectivity index (χ0) is 11.4. The summed E-state index contributed by atoms with van der Waals surface area (Å²) in [6.45, 7) is 1.79. The normalized spacial score (nSPS) is 11.9. The Labute approximate surface area is 98.4 Å². The lowest BCUT2D eigenvalue weighted by atomic mass is 9.97. The zero-order valence-electron chi connectivity index (χ0n) is 8.13. The number of hydrogen-bond acceptors (Lipinski definition) is 2. The van der Waals surface area contributed by atoms with Crippen LogP contribution in [0.5, 0.6) is 0 Å². The van der Waals surface area contributed by atoms with E-state index in [0.29, 0.717) is 22.0 Å². The number of ketones is 1. The van der Waals surface area contributed by atoms with E-state index in [-0.39, 0.29) is 5.78 Å². The van der Waals surface area contributed by atoms with E-state index in [9.17, 15) is 4.79 Å². The first-order valence-corrected chi connectivity index (χ1v) is 5.24. The molecule has 0 spiro atoms. The molecule has 0 N–H and O–H groups in total. The van der Waals surface area contributed by atoms with Gasteiger partial charge in [0, 0.05) is 10.6 Å². The molecule has 4 heteroatoms. The third-order valence-electron chi connectivity index (χ3n) is 2.08. The van der Waals surface area contributed by atoms with E-state index in [1.54, 1.807) is 19.1 Å². The predicted molar refractivity (Wildman–Crippen MR) is 60.2 cm³/mol. The Morgan fingerprint density at radius 1 is 1.53 bits per heavy atom. The summed E-state index contributed by atoms with van der Waals surface area (Å²) >= 11 is 11.6. The number of carbonyl (C=O) groups excluding carboxylic acids is 1. The maximum absolute atomic E-state index is 11.8. The molecule has 0 aliphatic rings. The zero-order valence-corrected chi connectivity index (χ0v) is 9.64. The number of Topliss-reactive ketones (excluding diaryl/α,β-unsaturated/α-hetero) is 1. The topological polar surface area (TPSA) is 40.9 Å². The van der Waals surface area contributed by atoms with Crippen molar-refractivity contribution in [1.82, 2.24) is 0 Å². The molecular weight excluding hydrogens is 233 g/mol. The maximum Gasteiger partial charge on any atom is 0.181 e. The van der Waals surface area contributed by atoms with Gasteiger partial charge in [-0.15, -0.1) is 0 Å². The largest absolute Gasteiger partial charge is 0.293 e. The monoisotopic (exact) mass is 241 g/mol. The Hall–Kier alpha value is -1.04. The lowest BCUT2D eigenvalue weighted by Gasteiger charge is -2.06. The molecule has 1 atom stereocenters. The van der Waals surface area contributed by atoms with Gasteiger partial charge in [0.05, 0.1) is 11.1 Å². The van der Waals surface area contributed by atoms with Crippen LogP contribution in [-0.2, 0) is 0 Å². The lowest BCUT2D eigenvalue weighted by Crippen LogP contribution is -2.12. The van der Waals surface area contributed by atoms with Crippen LogP contribution in [-0.4, -0.2) is 5.78 Å². The van der Waals surface area contributed by atoms with Gasteiger partial charge in [-0.05, 0) is 24.6 Å². The van der Waals surface area contributed by atoms with Gasteiger partial charge in [0.25, 0.3) is 0 Å². The fourth-order valence-corrected chi connectivity index (χ4v) is 1.71. The summed E-state index contributed by atoms with van der Waals surface area (Å²) in [6.07, 6.45) is 0.480. The molecule has 0 saturated heterocycles. The van der Waals surface area contributed by atoms with E-state index in [4.69, 9.17) is 28.5 Å². The van der Waals surface area contributed by atoms with Crippen LogP contribution >= 0.6 is 23.2 Å². The molecule has 0 fully saturated rings. The fourth-order valence-electron chi connectivity index (χ4n) is 1.21. The molecule has 0 bridgehead atoms. The molecule has 0 amide bonds. The van der Waals surface area contributed by atoms with Crippen molar-refractivity contribution in [3.8, 4) is 6.07 Å². The van der Waals surface area contributed by atoms with Gasteiger partial charge in [-0.3, -0.25) is 4.79 Å². The fraction of sp³-hybridized carbons (Fsp3) is 0.273. The predicted octanol–water partition coefficient (Wildman–Crippen LogP) is 3.73. The summed E-state index contributed by atoms with van der Waals surface area (Å²) in [4.78, 5) is 11.8. The minimum atomic E-state index is -0.635. The van der Waals surface area contributed by atoms with E-state index >= 15 is 0 Å². The van der Waals surface area contributed by atoms with Crippen molar-refractivity contribution >= 4 is 29.0 Å². The van der Waals surface area contributed by atoms with E-state index < -0.39 is 5.92 Å². The highest BCUT2D eigenvalue weighted by Crippen LogP contribution is 2.24. The second-order valence-electron chi connectivity index (χ2n) is 3.08. The van der Waals surface area contributed by atoms with Crippen LogP contribution in [0.15, 0.2) is 18.2 Å². The van der Waals surface area contributed by atoms with Crippen molar-refractivity contribution in [2.45, 2.75) is 13.3 Å². The Morgan fingerprint density at radius 3 is 2.67 bits per heavy atom. The number of nitrogens with zero attached hydrogens (tertiary/aromatic N) is 1. The molecule has 0 aliphatic carbocycles. The van der Waals surface area contributed by atoms with Gasteiger partial charge in [0.15, 0.2) is 5.78 Å². The minimum Gasteiger partial charge on any atom is -0.293 e. The number of rotatable bonds is 3. The number of benzene rings is 1. The smallest absolute Gasteiger partial charge is 0.181 e. The summed E-state index contributed by atoms with van der Waals surface area (Å²) in [7, 11) is 0. The second-order valence-corrected chi connectivity index (χ2v) is 3.92. The number of carbonyl (C=O) groups is 1. The molecule has 15 heavy (non-hydrogen) atoms. The van der Waals surface area contributed by atoms with E-state index in [1.165, 1.54) is 6.07 Å². The SMILES string of the molecule is CCC(C#N)C(=O)c1ccc(Cl)cc1Cl. The van der Waals surface area contributed by atoms with Crippen LogP contribution in [0, 0.1) is 17.2 Å². The van der Waals surface area contributed by atoms with Gasteiger partial charge in [0.1, 0.15) is 5.92 Å². The molecule has 0 aromatic heterocycles. The molecule has 1 unspecified atom stereocenters. The number of halogens is 2. The second kappa shape index (κ2) is 5.16. The van der Waals surface area contributed by atoms with Crippen LogP contribution in [0.25, 0.3) is 0 Å². The molecule has 0 heterocycles. The maximum atomic E-state index is 11.8.